The molecule has 3 rings (SSSR count). The second-order valence-electron chi connectivity index (χ2n) is 4.96. The van der Waals surface area contributed by atoms with E-state index in [2.05, 4.69) is 5.32 Å². The van der Waals surface area contributed by atoms with E-state index < -0.39 is 15.8 Å². The van der Waals surface area contributed by atoms with Crippen LogP contribution in [0.25, 0.3) is 0 Å². The highest BCUT2D eigenvalue weighted by Gasteiger charge is 2.41. The number of hydrogen-bond acceptors (Lipinski definition) is 3. The van der Waals surface area contributed by atoms with Gasteiger partial charge in [0.05, 0.1) is 4.90 Å². The largest absolute Gasteiger partial charge is 0.316 e. The number of fused-ring (bicyclic) bond motifs is 1. The average Bonchev–Trinajstić information content (AvgIpc) is 2.89. The summed E-state index contributed by atoms with van der Waals surface area (Å²) in [7, 11) is -3.54. The van der Waals surface area contributed by atoms with Crippen molar-refractivity contribution in [2.75, 3.05) is 26.2 Å². The second kappa shape index (κ2) is 5.36. The summed E-state index contributed by atoms with van der Waals surface area (Å²) in [6.45, 7) is 2.83. The fourth-order valence-corrected chi connectivity index (χ4v) is 4.37. The molecule has 7 heteroatoms. The summed E-state index contributed by atoms with van der Waals surface area (Å²) in [6.07, 6.45) is 0. The lowest BCUT2D eigenvalue weighted by molar-refractivity contribution is 0.447. The first kappa shape index (κ1) is 14.7. The number of nitrogens with zero attached hydrogens (tertiary/aromatic N) is 1. The summed E-state index contributed by atoms with van der Waals surface area (Å²) in [4.78, 5) is 0.0513. The lowest BCUT2D eigenvalue weighted by atomic mass is 10.0. The minimum atomic E-state index is -3.54. The monoisotopic (exact) mass is 306 g/mol. The quantitative estimate of drug-likeness (QED) is 0.890. The standard InChI is InChI=1S/C12H15FN2O2S.ClH/c13-11-2-1-3-12(4-11)18(16,17)15-7-9-5-14-6-10(9)8-15;/h1-4,9-10,14H,5-8H2;1H/t9-,10+;. The molecule has 4 nitrogen and oxygen atoms in total. The van der Waals surface area contributed by atoms with Crippen LogP contribution in [0.4, 0.5) is 4.39 Å². The van der Waals surface area contributed by atoms with Crippen molar-refractivity contribution in [1.29, 1.82) is 0 Å². The van der Waals surface area contributed by atoms with Crippen molar-refractivity contribution in [2.24, 2.45) is 11.8 Å². The number of nitrogens with one attached hydrogen (secondary N) is 1. The van der Waals surface area contributed by atoms with Crippen LogP contribution < -0.4 is 5.32 Å². The molecule has 1 aromatic carbocycles. The van der Waals surface area contributed by atoms with E-state index in [0.717, 1.165) is 19.2 Å². The van der Waals surface area contributed by atoms with E-state index >= 15 is 0 Å². The summed E-state index contributed by atoms with van der Waals surface area (Å²) in [5.41, 5.74) is 0. The maximum Gasteiger partial charge on any atom is 0.243 e. The predicted molar refractivity (Wildman–Crippen MR) is 72.3 cm³/mol. The molecule has 0 aliphatic carbocycles. The fraction of sp³-hybridized carbons (Fsp3) is 0.500. The Labute approximate surface area is 118 Å². The average molecular weight is 307 g/mol. The topological polar surface area (TPSA) is 49.4 Å². The lowest BCUT2D eigenvalue weighted by Gasteiger charge is -2.17. The molecule has 19 heavy (non-hydrogen) atoms. The molecule has 0 aromatic heterocycles. The highest BCUT2D eigenvalue weighted by Crippen LogP contribution is 2.30. The molecule has 0 amide bonds. The van der Waals surface area contributed by atoms with E-state index in [0.29, 0.717) is 24.9 Å². The maximum absolute atomic E-state index is 13.1. The zero-order valence-electron chi connectivity index (χ0n) is 10.3. The smallest absolute Gasteiger partial charge is 0.243 e. The van der Waals surface area contributed by atoms with Crippen LogP contribution >= 0.6 is 12.4 Å². The first-order valence-corrected chi connectivity index (χ1v) is 7.48. The zero-order chi connectivity index (χ0) is 12.8. The Morgan fingerprint density at radius 3 is 2.42 bits per heavy atom. The summed E-state index contributed by atoms with van der Waals surface area (Å²) in [6, 6.07) is 5.22. The van der Waals surface area contributed by atoms with Crippen LogP contribution in [0, 0.1) is 17.7 Å². The van der Waals surface area contributed by atoms with Gasteiger partial charge in [0.25, 0.3) is 0 Å². The van der Waals surface area contributed by atoms with E-state index in [1.54, 1.807) is 0 Å². The normalized spacial score (nSPS) is 27.0. The minimum absolute atomic E-state index is 0. The van der Waals surface area contributed by atoms with Gasteiger partial charge >= 0.3 is 0 Å². The predicted octanol–water partition coefficient (Wildman–Crippen LogP) is 1.09. The van der Waals surface area contributed by atoms with Crippen LogP contribution in [-0.2, 0) is 10.0 Å². The van der Waals surface area contributed by atoms with E-state index in [-0.39, 0.29) is 17.3 Å². The van der Waals surface area contributed by atoms with Gasteiger partial charge in [0.1, 0.15) is 5.82 Å². The summed E-state index contributed by atoms with van der Waals surface area (Å²) in [5.74, 6) is 0.277. The molecule has 106 valence electrons. The van der Waals surface area contributed by atoms with Crippen molar-refractivity contribution in [3.8, 4) is 0 Å². The molecule has 2 aliphatic rings. The molecule has 0 saturated carbocycles. The van der Waals surface area contributed by atoms with Crippen LogP contribution in [-0.4, -0.2) is 38.9 Å². The summed E-state index contributed by atoms with van der Waals surface area (Å²) in [5, 5.41) is 3.26. The third-order valence-corrected chi connectivity index (χ3v) is 5.62. The van der Waals surface area contributed by atoms with E-state index in [4.69, 9.17) is 0 Å². The Balaban J connectivity index is 0.00000133. The van der Waals surface area contributed by atoms with Gasteiger partial charge in [-0.25, -0.2) is 12.8 Å². The van der Waals surface area contributed by atoms with Crippen molar-refractivity contribution in [1.82, 2.24) is 9.62 Å². The van der Waals surface area contributed by atoms with E-state index in [9.17, 15) is 12.8 Å². The van der Waals surface area contributed by atoms with Crippen LogP contribution in [0.2, 0.25) is 0 Å². The molecule has 2 fully saturated rings. The molecule has 0 radical (unpaired) electrons. The van der Waals surface area contributed by atoms with Gasteiger partial charge in [-0.2, -0.15) is 4.31 Å². The molecule has 0 spiro atoms. The van der Waals surface area contributed by atoms with Gasteiger partial charge in [0.15, 0.2) is 0 Å². The Hall–Kier alpha value is -0.690. The molecule has 1 N–H and O–H groups in total. The molecular weight excluding hydrogens is 291 g/mol. The number of rotatable bonds is 2. The van der Waals surface area contributed by atoms with Crippen LogP contribution in [0.5, 0.6) is 0 Å². The molecule has 2 aliphatic heterocycles. The van der Waals surface area contributed by atoms with E-state index in [1.807, 2.05) is 0 Å². The highest BCUT2D eigenvalue weighted by molar-refractivity contribution is 7.89. The molecule has 2 atom stereocenters. The van der Waals surface area contributed by atoms with Crippen molar-refractivity contribution >= 4 is 22.4 Å². The fourth-order valence-electron chi connectivity index (χ4n) is 2.79. The molecule has 2 heterocycles. The number of halogens is 2. The summed E-state index contributed by atoms with van der Waals surface area (Å²) < 4.78 is 39.3. The Morgan fingerprint density at radius 1 is 1.21 bits per heavy atom. The molecular formula is C12H16ClFN2O2S. The number of hydrogen-bond donors (Lipinski definition) is 1. The van der Waals surface area contributed by atoms with Gasteiger partial charge in [-0.15, -0.1) is 12.4 Å². The highest BCUT2D eigenvalue weighted by atomic mass is 35.5. The Bertz CT molecular complexity index is 555. The zero-order valence-corrected chi connectivity index (χ0v) is 11.9. The molecule has 1 aromatic rings. The molecule has 0 unspecified atom stereocenters. The van der Waals surface area contributed by atoms with Crippen LogP contribution in [0.15, 0.2) is 29.2 Å². The first-order valence-electron chi connectivity index (χ1n) is 6.04. The van der Waals surface area contributed by atoms with Gasteiger partial charge in [-0.05, 0) is 43.1 Å². The van der Waals surface area contributed by atoms with Gasteiger partial charge in [0.2, 0.25) is 10.0 Å². The van der Waals surface area contributed by atoms with Gasteiger partial charge in [-0.3, -0.25) is 0 Å². The molecule has 2 saturated heterocycles. The van der Waals surface area contributed by atoms with Crippen LogP contribution in [0.3, 0.4) is 0 Å². The van der Waals surface area contributed by atoms with Gasteiger partial charge in [0, 0.05) is 13.1 Å². The van der Waals surface area contributed by atoms with Crippen molar-refractivity contribution in [3.63, 3.8) is 0 Å². The lowest BCUT2D eigenvalue weighted by Crippen LogP contribution is -2.32. The van der Waals surface area contributed by atoms with Crippen molar-refractivity contribution in [3.05, 3.63) is 30.1 Å². The number of benzene rings is 1. The first-order chi connectivity index (χ1) is 8.57. The van der Waals surface area contributed by atoms with Gasteiger partial charge < -0.3 is 5.32 Å². The molecule has 0 bridgehead atoms. The Kier molecular flexibility index (Phi) is 4.15. The number of sulfonamides is 1. The Morgan fingerprint density at radius 2 is 1.84 bits per heavy atom. The van der Waals surface area contributed by atoms with Crippen LogP contribution in [0.1, 0.15) is 0 Å². The van der Waals surface area contributed by atoms with E-state index in [1.165, 1.54) is 22.5 Å². The maximum atomic E-state index is 13.1. The third kappa shape index (κ3) is 2.63. The van der Waals surface area contributed by atoms with Crippen molar-refractivity contribution in [2.45, 2.75) is 4.90 Å². The van der Waals surface area contributed by atoms with Gasteiger partial charge in [-0.1, -0.05) is 6.07 Å². The summed E-state index contributed by atoms with van der Waals surface area (Å²) >= 11 is 0. The third-order valence-electron chi connectivity index (χ3n) is 3.79. The minimum Gasteiger partial charge on any atom is -0.316 e. The van der Waals surface area contributed by atoms with Crippen molar-refractivity contribution < 1.29 is 12.8 Å². The SMILES string of the molecule is Cl.O=S(=O)(c1cccc(F)c1)N1C[C@H]2CNC[C@H]2C1. The second-order valence-corrected chi connectivity index (χ2v) is 6.90.